The van der Waals surface area contributed by atoms with Gasteiger partial charge in [0, 0.05) is 12.5 Å². The van der Waals surface area contributed by atoms with Gasteiger partial charge in [-0.25, -0.2) is 0 Å². The van der Waals surface area contributed by atoms with Crippen molar-refractivity contribution < 1.29 is 9.59 Å². The molecule has 1 heterocycles. The second-order valence-corrected chi connectivity index (χ2v) is 6.75. The fourth-order valence-electron chi connectivity index (χ4n) is 3.52. The van der Waals surface area contributed by atoms with E-state index in [0.29, 0.717) is 18.9 Å². The molecule has 1 aliphatic carbocycles. The summed E-state index contributed by atoms with van der Waals surface area (Å²) in [6.07, 6.45) is 8.52. The van der Waals surface area contributed by atoms with Gasteiger partial charge in [0.15, 0.2) is 0 Å². The van der Waals surface area contributed by atoms with Gasteiger partial charge in [0.25, 0.3) is 0 Å². The Morgan fingerprint density at radius 3 is 2.74 bits per heavy atom. The van der Waals surface area contributed by atoms with Crippen LogP contribution in [0, 0.1) is 23.2 Å². The summed E-state index contributed by atoms with van der Waals surface area (Å²) in [6, 6.07) is 1.51. The first kappa shape index (κ1) is 17.7. The number of nitriles is 1. The molecular weight excluding hydrogens is 292 g/mol. The van der Waals surface area contributed by atoms with Crippen LogP contribution in [0.25, 0.3) is 0 Å². The first-order chi connectivity index (χ1) is 11.2. The Morgan fingerprint density at radius 1 is 1.26 bits per heavy atom. The van der Waals surface area contributed by atoms with Gasteiger partial charge < -0.3 is 16.0 Å². The van der Waals surface area contributed by atoms with Crippen molar-refractivity contribution in [1.82, 2.24) is 16.0 Å². The molecule has 23 heavy (non-hydrogen) atoms. The molecule has 2 amide bonds. The molecule has 3 N–H and O–H groups in total. The Labute approximate surface area is 138 Å². The number of carbonyl (C=O) groups is 2. The molecule has 2 fully saturated rings. The van der Waals surface area contributed by atoms with Gasteiger partial charge >= 0.3 is 0 Å². The van der Waals surface area contributed by atoms with E-state index in [1.54, 1.807) is 0 Å². The molecule has 2 rings (SSSR count). The zero-order valence-corrected chi connectivity index (χ0v) is 13.8. The molecule has 6 heteroatoms. The first-order valence-corrected chi connectivity index (χ1v) is 8.86. The average Bonchev–Trinajstić information content (AvgIpc) is 2.57. The highest BCUT2D eigenvalue weighted by molar-refractivity contribution is 5.80. The minimum atomic E-state index is -0.590. The maximum atomic E-state index is 12.0. The van der Waals surface area contributed by atoms with E-state index in [1.165, 1.54) is 32.1 Å². The highest BCUT2D eigenvalue weighted by Gasteiger charge is 2.26. The van der Waals surface area contributed by atoms with Crippen molar-refractivity contribution in [3.63, 3.8) is 0 Å². The normalized spacial score (nSPS) is 23.6. The Bertz CT molecular complexity index is 440. The van der Waals surface area contributed by atoms with Crippen LogP contribution in [0.5, 0.6) is 0 Å². The van der Waals surface area contributed by atoms with Gasteiger partial charge in [-0.3, -0.25) is 9.59 Å². The summed E-state index contributed by atoms with van der Waals surface area (Å²) in [5.74, 6) is 0.350. The third-order valence-electron chi connectivity index (χ3n) is 4.85. The van der Waals surface area contributed by atoms with Crippen LogP contribution < -0.4 is 16.0 Å². The lowest BCUT2D eigenvalue weighted by Crippen LogP contribution is -2.44. The number of piperidine rings is 1. The fourth-order valence-corrected chi connectivity index (χ4v) is 3.52. The van der Waals surface area contributed by atoms with Gasteiger partial charge in [-0.15, -0.1) is 0 Å². The SMILES string of the molecule is N#C[C@H](CC1CCCNC1=O)NC(=O)CNCC1CCCCC1. The van der Waals surface area contributed by atoms with Crippen molar-refractivity contribution >= 4 is 11.8 Å². The largest absolute Gasteiger partial charge is 0.356 e. The van der Waals surface area contributed by atoms with Gasteiger partial charge in [-0.1, -0.05) is 19.3 Å². The molecule has 0 radical (unpaired) electrons. The summed E-state index contributed by atoms with van der Waals surface area (Å²) in [4.78, 5) is 23.7. The molecule has 1 unspecified atom stereocenters. The zero-order chi connectivity index (χ0) is 16.5. The van der Waals surface area contributed by atoms with Crippen LogP contribution in [0.15, 0.2) is 0 Å². The Kier molecular flexibility index (Phi) is 7.34. The third-order valence-corrected chi connectivity index (χ3v) is 4.85. The topological polar surface area (TPSA) is 94.0 Å². The highest BCUT2D eigenvalue weighted by Crippen LogP contribution is 2.22. The molecule has 1 saturated carbocycles. The summed E-state index contributed by atoms with van der Waals surface area (Å²) in [7, 11) is 0. The van der Waals surface area contributed by atoms with Gasteiger partial charge in [0.2, 0.25) is 11.8 Å². The predicted molar refractivity (Wildman–Crippen MR) is 87.3 cm³/mol. The second-order valence-electron chi connectivity index (χ2n) is 6.75. The Morgan fingerprint density at radius 2 is 2.04 bits per heavy atom. The Balaban J connectivity index is 1.65. The minimum absolute atomic E-state index is 0.00109. The van der Waals surface area contributed by atoms with Crippen molar-refractivity contribution in [3.8, 4) is 6.07 Å². The van der Waals surface area contributed by atoms with Crippen molar-refractivity contribution in [2.45, 2.75) is 57.4 Å². The van der Waals surface area contributed by atoms with Gasteiger partial charge in [0.1, 0.15) is 6.04 Å². The number of carbonyl (C=O) groups excluding carboxylic acids is 2. The maximum absolute atomic E-state index is 12.0. The van der Waals surface area contributed by atoms with E-state index in [-0.39, 0.29) is 24.3 Å². The molecule has 2 atom stereocenters. The summed E-state index contributed by atoms with van der Waals surface area (Å²) in [5.41, 5.74) is 0. The molecule has 1 aliphatic heterocycles. The van der Waals surface area contributed by atoms with Crippen LogP contribution in [-0.2, 0) is 9.59 Å². The molecule has 128 valence electrons. The van der Waals surface area contributed by atoms with E-state index in [1.807, 2.05) is 0 Å². The van der Waals surface area contributed by atoms with Crippen molar-refractivity contribution in [2.24, 2.45) is 11.8 Å². The molecule has 0 bridgehead atoms. The quantitative estimate of drug-likeness (QED) is 0.654. The van der Waals surface area contributed by atoms with Gasteiger partial charge in [-0.2, -0.15) is 5.26 Å². The van der Waals surface area contributed by atoms with Crippen LogP contribution in [-0.4, -0.2) is 37.5 Å². The lowest BCUT2D eigenvalue weighted by atomic mass is 9.89. The van der Waals surface area contributed by atoms with Crippen LogP contribution in [0.1, 0.15) is 51.4 Å². The molecule has 1 saturated heterocycles. The molecule has 0 aromatic rings. The zero-order valence-electron chi connectivity index (χ0n) is 13.8. The molecule has 6 nitrogen and oxygen atoms in total. The lowest BCUT2D eigenvalue weighted by molar-refractivity contribution is -0.127. The maximum Gasteiger partial charge on any atom is 0.234 e. The summed E-state index contributed by atoms with van der Waals surface area (Å²) >= 11 is 0. The van der Waals surface area contributed by atoms with Gasteiger partial charge in [-0.05, 0) is 44.6 Å². The van der Waals surface area contributed by atoms with E-state index < -0.39 is 6.04 Å². The number of nitrogens with one attached hydrogen (secondary N) is 3. The Hall–Kier alpha value is -1.61. The monoisotopic (exact) mass is 320 g/mol. The molecule has 0 aromatic heterocycles. The van der Waals surface area contributed by atoms with E-state index in [2.05, 4.69) is 22.0 Å². The van der Waals surface area contributed by atoms with E-state index in [9.17, 15) is 14.9 Å². The predicted octanol–water partition coefficient (Wildman–Crippen LogP) is 1.08. The fraction of sp³-hybridized carbons (Fsp3) is 0.824. The smallest absolute Gasteiger partial charge is 0.234 e. The standard InChI is InChI=1S/C17H28N4O2/c18-10-15(9-14-7-4-8-20-17(14)23)21-16(22)12-19-11-13-5-2-1-3-6-13/h13-15,19H,1-9,11-12H2,(H,20,23)(H,21,22)/t14?,15-/m0/s1. The molecular formula is C17H28N4O2. The van der Waals surface area contributed by atoms with Crippen molar-refractivity contribution in [2.75, 3.05) is 19.6 Å². The van der Waals surface area contributed by atoms with E-state index >= 15 is 0 Å². The number of amides is 2. The summed E-state index contributed by atoms with van der Waals surface area (Å²) in [6.45, 7) is 1.82. The van der Waals surface area contributed by atoms with Gasteiger partial charge in [0.05, 0.1) is 12.6 Å². The summed E-state index contributed by atoms with van der Waals surface area (Å²) in [5, 5.41) is 17.9. The number of rotatable bonds is 7. The molecule has 2 aliphatic rings. The minimum Gasteiger partial charge on any atom is -0.356 e. The lowest BCUT2D eigenvalue weighted by Gasteiger charge is -2.24. The number of nitrogens with zero attached hydrogens (tertiary/aromatic N) is 1. The van der Waals surface area contributed by atoms with Crippen LogP contribution in [0.4, 0.5) is 0 Å². The van der Waals surface area contributed by atoms with Crippen LogP contribution >= 0.6 is 0 Å². The highest BCUT2D eigenvalue weighted by atomic mass is 16.2. The summed E-state index contributed by atoms with van der Waals surface area (Å²) < 4.78 is 0. The van der Waals surface area contributed by atoms with Crippen molar-refractivity contribution in [1.29, 1.82) is 5.26 Å². The third kappa shape index (κ3) is 6.19. The number of hydrogen-bond donors (Lipinski definition) is 3. The first-order valence-electron chi connectivity index (χ1n) is 8.86. The van der Waals surface area contributed by atoms with Crippen LogP contribution in [0.3, 0.4) is 0 Å². The number of hydrogen-bond acceptors (Lipinski definition) is 4. The van der Waals surface area contributed by atoms with E-state index in [4.69, 9.17) is 0 Å². The van der Waals surface area contributed by atoms with Crippen LogP contribution in [0.2, 0.25) is 0 Å². The second kappa shape index (κ2) is 9.51. The molecule has 0 aromatic carbocycles. The molecule has 0 spiro atoms. The van der Waals surface area contributed by atoms with E-state index in [0.717, 1.165) is 19.4 Å². The average molecular weight is 320 g/mol. The van der Waals surface area contributed by atoms with Crippen molar-refractivity contribution in [3.05, 3.63) is 0 Å².